The molecule has 2 saturated heterocycles. The van der Waals surface area contributed by atoms with Crippen molar-refractivity contribution in [3.63, 3.8) is 0 Å². The standard InChI is InChI=1S/C14H16ClNO2/c15-11-3-1-2-10(6-11)4-5-14(17)16-8-13-7-12(16)9-18-13/h1-3,6,12-13H,4-5,7-9H2. The van der Waals surface area contributed by atoms with Crippen LogP contribution in [-0.4, -0.2) is 36.1 Å². The minimum atomic E-state index is 0.241. The molecule has 2 atom stereocenters. The van der Waals surface area contributed by atoms with Crippen molar-refractivity contribution in [2.45, 2.75) is 31.4 Å². The molecule has 2 heterocycles. The molecule has 2 bridgehead atoms. The average molecular weight is 266 g/mol. The number of hydrogen-bond acceptors (Lipinski definition) is 2. The summed E-state index contributed by atoms with van der Waals surface area (Å²) in [6, 6.07) is 8.03. The van der Waals surface area contributed by atoms with E-state index in [9.17, 15) is 4.79 Å². The molecule has 96 valence electrons. The quantitative estimate of drug-likeness (QED) is 0.839. The Morgan fingerprint density at radius 2 is 2.39 bits per heavy atom. The molecule has 2 aliphatic rings. The van der Waals surface area contributed by atoms with Gasteiger partial charge in [0.2, 0.25) is 5.91 Å². The predicted molar refractivity (Wildman–Crippen MR) is 69.6 cm³/mol. The maximum absolute atomic E-state index is 12.1. The lowest BCUT2D eigenvalue weighted by atomic mass is 10.1. The lowest BCUT2D eigenvalue weighted by Crippen LogP contribution is -2.41. The SMILES string of the molecule is O=C(CCc1cccc(Cl)c1)N1CC2CC1CO2. The molecule has 2 aliphatic heterocycles. The molecule has 0 radical (unpaired) electrons. The van der Waals surface area contributed by atoms with Crippen LogP contribution in [0.25, 0.3) is 0 Å². The summed E-state index contributed by atoms with van der Waals surface area (Å²) in [6.07, 6.45) is 2.62. The first-order valence-electron chi connectivity index (χ1n) is 6.38. The molecule has 3 rings (SSSR count). The van der Waals surface area contributed by atoms with Crippen molar-refractivity contribution in [2.75, 3.05) is 13.2 Å². The first kappa shape index (κ1) is 12.0. The average Bonchev–Trinajstić information content (AvgIpc) is 2.98. The number of halogens is 1. The van der Waals surface area contributed by atoms with Gasteiger partial charge in [-0.15, -0.1) is 0 Å². The third kappa shape index (κ3) is 2.38. The highest BCUT2D eigenvalue weighted by Gasteiger charge is 2.40. The van der Waals surface area contributed by atoms with Crippen molar-refractivity contribution in [1.29, 1.82) is 0 Å². The van der Waals surface area contributed by atoms with Gasteiger partial charge in [0.25, 0.3) is 0 Å². The number of carbonyl (C=O) groups is 1. The zero-order chi connectivity index (χ0) is 12.5. The van der Waals surface area contributed by atoms with Gasteiger partial charge in [-0.25, -0.2) is 0 Å². The summed E-state index contributed by atoms with van der Waals surface area (Å²) in [5.41, 5.74) is 1.12. The Labute approximate surface area is 112 Å². The number of benzene rings is 1. The van der Waals surface area contributed by atoms with Gasteiger partial charge in [0.15, 0.2) is 0 Å². The fraction of sp³-hybridized carbons (Fsp3) is 0.500. The van der Waals surface area contributed by atoms with Gasteiger partial charge in [0.05, 0.1) is 18.8 Å². The summed E-state index contributed by atoms with van der Waals surface area (Å²) in [5, 5.41) is 0.730. The van der Waals surface area contributed by atoms with Gasteiger partial charge in [0.1, 0.15) is 0 Å². The van der Waals surface area contributed by atoms with Crippen LogP contribution in [0.1, 0.15) is 18.4 Å². The van der Waals surface area contributed by atoms with E-state index in [1.807, 2.05) is 29.2 Å². The number of nitrogens with zero attached hydrogens (tertiary/aromatic N) is 1. The Kier molecular flexibility index (Phi) is 3.27. The lowest BCUT2D eigenvalue weighted by molar-refractivity contribution is -0.135. The number of likely N-dealkylation sites (tertiary alicyclic amines) is 1. The van der Waals surface area contributed by atoms with Gasteiger partial charge in [-0.2, -0.15) is 0 Å². The Balaban J connectivity index is 1.56. The minimum absolute atomic E-state index is 0.241. The molecule has 1 aromatic carbocycles. The number of fused-ring (bicyclic) bond motifs is 2. The molecule has 0 N–H and O–H groups in total. The third-order valence-corrected chi connectivity index (χ3v) is 3.97. The fourth-order valence-electron chi connectivity index (χ4n) is 2.79. The minimum Gasteiger partial charge on any atom is -0.374 e. The van der Waals surface area contributed by atoms with Crippen LogP contribution in [0.3, 0.4) is 0 Å². The van der Waals surface area contributed by atoms with Gasteiger partial charge in [0, 0.05) is 18.0 Å². The number of ether oxygens (including phenoxy) is 1. The monoisotopic (exact) mass is 265 g/mol. The zero-order valence-corrected chi connectivity index (χ0v) is 10.9. The molecular weight excluding hydrogens is 250 g/mol. The summed E-state index contributed by atoms with van der Waals surface area (Å²) in [5.74, 6) is 0.241. The van der Waals surface area contributed by atoms with Crippen molar-refractivity contribution in [2.24, 2.45) is 0 Å². The van der Waals surface area contributed by atoms with E-state index in [1.165, 1.54) is 0 Å². The normalized spacial score (nSPS) is 25.7. The van der Waals surface area contributed by atoms with Crippen molar-refractivity contribution < 1.29 is 9.53 Å². The number of hydrogen-bond donors (Lipinski definition) is 0. The smallest absolute Gasteiger partial charge is 0.223 e. The van der Waals surface area contributed by atoms with Crippen LogP contribution < -0.4 is 0 Å². The second kappa shape index (κ2) is 4.90. The fourth-order valence-corrected chi connectivity index (χ4v) is 3.01. The molecule has 0 aromatic heterocycles. The first-order chi connectivity index (χ1) is 8.72. The predicted octanol–water partition coefficient (Wildman–Crippen LogP) is 2.27. The van der Waals surface area contributed by atoms with Crippen molar-refractivity contribution in [1.82, 2.24) is 4.90 Å². The van der Waals surface area contributed by atoms with E-state index >= 15 is 0 Å². The van der Waals surface area contributed by atoms with Crippen LogP contribution in [-0.2, 0) is 16.0 Å². The zero-order valence-electron chi connectivity index (χ0n) is 10.1. The molecular formula is C14H16ClNO2. The van der Waals surface area contributed by atoms with Gasteiger partial charge in [-0.05, 0) is 30.5 Å². The van der Waals surface area contributed by atoms with Gasteiger partial charge >= 0.3 is 0 Å². The van der Waals surface area contributed by atoms with Crippen LogP contribution in [0, 0.1) is 0 Å². The second-order valence-corrected chi connectivity index (χ2v) is 5.46. The van der Waals surface area contributed by atoms with Crippen LogP contribution in [0.2, 0.25) is 5.02 Å². The van der Waals surface area contributed by atoms with Crippen LogP contribution >= 0.6 is 11.6 Å². The molecule has 4 heteroatoms. The van der Waals surface area contributed by atoms with Crippen molar-refractivity contribution in [3.05, 3.63) is 34.9 Å². The van der Waals surface area contributed by atoms with Crippen LogP contribution in [0.4, 0.5) is 0 Å². The molecule has 0 aliphatic carbocycles. The summed E-state index contributed by atoms with van der Waals surface area (Å²) < 4.78 is 5.50. The lowest BCUT2D eigenvalue weighted by Gasteiger charge is -2.26. The highest BCUT2D eigenvalue weighted by Crippen LogP contribution is 2.28. The molecule has 3 nitrogen and oxygen atoms in total. The largest absolute Gasteiger partial charge is 0.374 e. The Hall–Kier alpha value is -1.06. The van der Waals surface area contributed by atoms with Crippen LogP contribution in [0.5, 0.6) is 0 Å². The van der Waals surface area contributed by atoms with Crippen molar-refractivity contribution >= 4 is 17.5 Å². The summed E-state index contributed by atoms with van der Waals surface area (Å²) in [7, 11) is 0. The molecule has 1 amide bonds. The third-order valence-electron chi connectivity index (χ3n) is 3.74. The number of carbonyl (C=O) groups excluding carboxylic acids is 1. The highest BCUT2D eigenvalue weighted by molar-refractivity contribution is 6.30. The topological polar surface area (TPSA) is 29.5 Å². The number of rotatable bonds is 3. The second-order valence-electron chi connectivity index (χ2n) is 5.02. The number of aryl methyl sites for hydroxylation is 1. The van der Waals surface area contributed by atoms with E-state index in [-0.39, 0.29) is 12.0 Å². The molecule has 2 unspecified atom stereocenters. The van der Waals surface area contributed by atoms with E-state index < -0.39 is 0 Å². The number of morpholine rings is 1. The van der Waals surface area contributed by atoms with E-state index in [2.05, 4.69) is 0 Å². The maximum atomic E-state index is 12.1. The Bertz CT molecular complexity index is 463. The molecule has 0 spiro atoms. The van der Waals surface area contributed by atoms with E-state index in [1.54, 1.807) is 0 Å². The molecule has 1 aromatic rings. The Morgan fingerprint density at radius 1 is 1.50 bits per heavy atom. The number of amides is 1. The first-order valence-corrected chi connectivity index (χ1v) is 6.75. The van der Waals surface area contributed by atoms with Crippen molar-refractivity contribution in [3.8, 4) is 0 Å². The van der Waals surface area contributed by atoms with Gasteiger partial charge < -0.3 is 9.64 Å². The molecule has 18 heavy (non-hydrogen) atoms. The van der Waals surface area contributed by atoms with Crippen LogP contribution in [0.15, 0.2) is 24.3 Å². The molecule has 0 saturated carbocycles. The Morgan fingerprint density at radius 3 is 3.06 bits per heavy atom. The van der Waals surface area contributed by atoms with E-state index in [4.69, 9.17) is 16.3 Å². The summed E-state index contributed by atoms with van der Waals surface area (Å²) in [4.78, 5) is 14.1. The van der Waals surface area contributed by atoms with Gasteiger partial charge in [-0.1, -0.05) is 23.7 Å². The van der Waals surface area contributed by atoms with Gasteiger partial charge in [-0.3, -0.25) is 4.79 Å². The summed E-state index contributed by atoms with van der Waals surface area (Å²) >= 11 is 5.93. The highest BCUT2D eigenvalue weighted by atomic mass is 35.5. The van der Waals surface area contributed by atoms with E-state index in [0.717, 1.165) is 30.0 Å². The summed E-state index contributed by atoms with van der Waals surface area (Å²) in [6.45, 7) is 1.49. The molecule has 2 fully saturated rings. The maximum Gasteiger partial charge on any atom is 0.223 e. The van der Waals surface area contributed by atoms with E-state index in [0.29, 0.717) is 19.1 Å².